The summed E-state index contributed by atoms with van der Waals surface area (Å²) in [5.74, 6) is 0.754. The summed E-state index contributed by atoms with van der Waals surface area (Å²) in [7, 11) is 2.17. The van der Waals surface area contributed by atoms with E-state index in [4.69, 9.17) is 0 Å². The monoisotopic (exact) mass is 244 g/mol. The van der Waals surface area contributed by atoms with Crippen molar-refractivity contribution >= 4 is 0 Å². The highest BCUT2D eigenvalue weighted by Gasteiger charge is 2.22. The fourth-order valence-electron chi connectivity index (χ4n) is 1.84. The second-order valence-corrected chi connectivity index (χ2v) is 5.67. The van der Waals surface area contributed by atoms with Gasteiger partial charge in [-0.1, -0.05) is 27.2 Å². The van der Waals surface area contributed by atoms with Crippen LogP contribution in [0.25, 0.3) is 0 Å². The zero-order valence-corrected chi connectivity index (χ0v) is 12.4. The van der Waals surface area contributed by atoms with Crippen LogP contribution in [0.2, 0.25) is 0 Å². The number of nitrogens with one attached hydrogen (secondary N) is 1. The van der Waals surface area contributed by atoms with Gasteiger partial charge in [0.25, 0.3) is 0 Å². The quantitative estimate of drug-likeness (QED) is 0.618. The highest BCUT2D eigenvalue weighted by atomic mass is 16.3. The van der Waals surface area contributed by atoms with Crippen molar-refractivity contribution in [2.45, 2.75) is 52.5 Å². The minimum atomic E-state index is -0.125. The maximum atomic E-state index is 9.47. The number of rotatable bonds is 10. The van der Waals surface area contributed by atoms with Crippen LogP contribution in [0.15, 0.2) is 0 Å². The molecular formula is C14H32N2O. The Labute approximate surface area is 108 Å². The van der Waals surface area contributed by atoms with E-state index >= 15 is 0 Å². The van der Waals surface area contributed by atoms with E-state index in [1.165, 1.54) is 6.42 Å². The van der Waals surface area contributed by atoms with Crippen LogP contribution in [0.5, 0.6) is 0 Å². The van der Waals surface area contributed by atoms with E-state index in [-0.39, 0.29) is 12.1 Å². The van der Waals surface area contributed by atoms with Crippen molar-refractivity contribution in [1.29, 1.82) is 0 Å². The SMILES string of the molecule is CCCNC(C)(CO)CCN(C)CC(C)CC. The maximum absolute atomic E-state index is 9.47. The molecule has 0 rings (SSSR count). The van der Waals surface area contributed by atoms with Crippen LogP contribution in [0.1, 0.15) is 47.0 Å². The molecule has 0 heterocycles. The van der Waals surface area contributed by atoms with E-state index in [1.54, 1.807) is 0 Å². The minimum absolute atomic E-state index is 0.125. The molecule has 0 saturated carbocycles. The van der Waals surface area contributed by atoms with Crippen molar-refractivity contribution in [1.82, 2.24) is 10.2 Å². The first kappa shape index (κ1) is 16.9. The van der Waals surface area contributed by atoms with Crippen molar-refractivity contribution < 1.29 is 5.11 Å². The molecule has 3 heteroatoms. The average molecular weight is 244 g/mol. The largest absolute Gasteiger partial charge is 0.394 e. The number of aliphatic hydroxyl groups is 1. The van der Waals surface area contributed by atoms with Crippen molar-refractivity contribution in [3.05, 3.63) is 0 Å². The van der Waals surface area contributed by atoms with E-state index in [1.807, 2.05) is 0 Å². The third kappa shape index (κ3) is 7.74. The van der Waals surface area contributed by atoms with E-state index in [9.17, 15) is 5.11 Å². The highest BCUT2D eigenvalue weighted by Crippen LogP contribution is 2.11. The van der Waals surface area contributed by atoms with Gasteiger partial charge in [0.1, 0.15) is 0 Å². The van der Waals surface area contributed by atoms with Gasteiger partial charge in [-0.05, 0) is 45.8 Å². The van der Waals surface area contributed by atoms with Gasteiger partial charge in [-0.3, -0.25) is 0 Å². The van der Waals surface area contributed by atoms with Gasteiger partial charge in [0.05, 0.1) is 6.61 Å². The Hall–Kier alpha value is -0.120. The molecule has 17 heavy (non-hydrogen) atoms. The van der Waals surface area contributed by atoms with E-state index in [0.29, 0.717) is 0 Å². The number of hydrogen-bond acceptors (Lipinski definition) is 3. The maximum Gasteiger partial charge on any atom is 0.0611 e. The van der Waals surface area contributed by atoms with E-state index < -0.39 is 0 Å². The standard InChI is InChI=1S/C14H32N2O/c1-6-9-15-14(4,12-17)8-10-16(5)11-13(3)7-2/h13,15,17H,6-12H2,1-5H3. The smallest absolute Gasteiger partial charge is 0.0611 e. The summed E-state index contributed by atoms with van der Waals surface area (Å²) < 4.78 is 0. The molecule has 0 amide bonds. The Kier molecular flexibility index (Phi) is 8.83. The number of aliphatic hydroxyl groups excluding tert-OH is 1. The fraction of sp³-hybridized carbons (Fsp3) is 1.00. The fourth-order valence-corrected chi connectivity index (χ4v) is 1.84. The van der Waals surface area contributed by atoms with Gasteiger partial charge in [-0.2, -0.15) is 0 Å². The van der Waals surface area contributed by atoms with Gasteiger partial charge in [0, 0.05) is 12.1 Å². The molecule has 0 spiro atoms. The van der Waals surface area contributed by atoms with Crippen molar-refractivity contribution in [3.63, 3.8) is 0 Å². The Morgan fingerprint density at radius 1 is 1.35 bits per heavy atom. The molecule has 0 aromatic heterocycles. The van der Waals surface area contributed by atoms with Crippen LogP contribution < -0.4 is 5.32 Å². The molecule has 2 unspecified atom stereocenters. The molecule has 0 aliphatic rings. The van der Waals surface area contributed by atoms with Gasteiger partial charge < -0.3 is 15.3 Å². The lowest BCUT2D eigenvalue weighted by molar-refractivity contribution is 0.148. The molecule has 104 valence electrons. The normalized spacial score (nSPS) is 17.1. The Morgan fingerprint density at radius 3 is 2.47 bits per heavy atom. The molecular weight excluding hydrogens is 212 g/mol. The van der Waals surface area contributed by atoms with Crippen LogP contribution >= 0.6 is 0 Å². The Bertz CT molecular complexity index is 187. The first-order chi connectivity index (χ1) is 7.97. The van der Waals surface area contributed by atoms with E-state index in [2.05, 4.69) is 45.0 Å². The van der Waals surface area contributed by atoms with E-state index in [0.717, 1.165) is 38.4 Å². The third-order valence-electron chi connectivity index (χ3n) is 3.52. The zero-order valence-electron chi connectivity index (χ0n) is 12.4. The molecule has 3 nitrogen and oxygen atoms in total. The summed E-state index contributed by atoms with van der Waals surface area (Å²) in [6.07, 6.45) is 3.34. The van der Waals surface area contributed by atoms with Gasteiger partial charge in [0.15, 0.2) is 0 Å². The third-order valence-corrected chi connectivity index (χ3v) is 3.52. The van der Waals surface area contributed by atoms with Gasteiger partial charge in [0.2, 0.25) is 0 Å². The minimum Gasteiger partial charge on any atom is -0.394 e. The topological polar surface area (TPSA) is 35.5 Å². The second kappa shape index (κ2) is 8.90. The van der Waals surface area contributed by atoms with Crippen LogP contribution in [0, 0.1) is 5.92 Å². The van der Waals surface area contributed by atoms with Crippen LogP contribution in [0.4, 0.5) is 0 Å². The van der Waals surface area contributed by atoms with Gasteiger partial charge in [-0.25, -0.2) is 0 Å². The molecule has 0 aromatic carbocycles. The van der Waals surface area contributed by atoms with Gasteiger partial charge in [-0.15, -0.1) is 0 Å². The first-order valence-corrected chi connectivity index (χ1v) is 7.01. The van der Waals surface area contributed by atoms with Gasteiger partial charge >= 0.3 is 0 Å². The van der Waals surface area contributed by atoms with Crippen molar-refractivity contribution in [2.75, 3.05) is 33.3 Å². The summed E-state index contributed by atoms with van der Waals surface area (Å²) in [5, 5.41) is 12.9. The molecule has 2 N–H and O–H groups in total. The molecule has 0 saturated heterocycles. The molecule has 0 aliphatic heterocycles. The lowest BCUT2D eigenvalue weighted by Crippen LogP contribution is -2.48. The lowest BCUT2D eigenvalue weighted by Gasteiger charge is -2.31. The molecule has 0 aromatic rings. The number of hydrogen-bond donors (Lipinski definition) is 2. The molecule has 0 fully saturated rings. The Morgan fingerprint density at radius 2 is 2.00 bits per heavy atom. The highest BCUT2D eigenvalue weighted by molar-refractivity contribution is 4.83. The average Bonchev–Trinajstić information content (AvgIpc) is 2.33. The lowest BCUT2D eigenvalue weighted by atomic mass is 9.98. The molecule has 0 aliphatic carbocycles. The number of nitrogens with zero attached hydrogens (tertiary/aromatic N) is 1. The summed E-state index contributed by atoms with van der Waals surface area (Å²) in [6, 6.07) is 0. The summed E-state index contributed by atoms with van der Waals surface area (Å²) >= 11 is 0. The predicted octanol–water partition coefficient (Wildman–Crippen LogP) is 2.10. The molecule has 0 bridgehead atoms. The molecule has 2 atom stereocenters. The molecule has 0 radical (unpaired) electrons. The summed E-state index contributed by atoms with van der Waals surface area (Å²) in [6.45, 7) is 12.2. The predicted molar refractivity (Wildman–Crippen MR) is 75.4 cm³/mol. The van der Waals surface area contributed by atoms with Crippen LogP contribution in [-0.2, 0) is 0 Å². The second-order valence-electron chi connectivity index (χ2n) is 5.67. The summed E-state index contributed by atoms with van der Waals surface area (Å²) in [4.78, 5) is 2.37. The zero-order chi connectivity index (χ0) is 13.3. The van der Waals surface area contributed by atoms with Crippen molar-refractivity contribution in [2.24, 2.45) is 5.92 Å². The van der Waals surface area contributed by atoms with Crippen LogP contribution in [-0.4, -0.2) is 48.8 Å². The van der Waals surface area contributed by atoms with Crippen LogP contribution in [0.3, 0.4) is 0 Å². The summed E-state index contributed by atoms with van der Waals surface area (Å²) in [5.41, 5.74) is -0.125. The van der Waals surface area contributed by atoms with Crippen molar-refractivity contribution in [3.8, 4) is 0 Å². The Balaban J connectivity index is 3.95. The first-order valence-electron chi connectivity index (χ1n) is 7.01.